The summed E-state index contributed by atoms with van der Waals surface area (Å²) in [4.78, 5) is 47.2. The number of aromatic nitrogens is 2. The van der Waals surface area contributed by atoms with Crippen LogP contribution in [0.4, 0.5) is 4.79 Å². The minimum Gasteiger partial charge on any atom is -0.493 e. The van der Waals surface area contributed by atoms with E-state index in [0.717, 1.165) is 64.6 Å². The molecule has 2 aromatic heterocycles. The van der Waals surface area contributed by atoms with Gasteiger partial charge in [-0.3, -0.25) is 9.59 Å². The van der Waals surface area contributed by atoms with Gasteiger partial charge in [-0.25, -0.2) is 14.8 Å². The number of rotatable bonds is 15. The Bertz CT molecular complexity index is 2550. The van der Waals surface area contributed by atoms with Crippen LogP contribution in [-0.2, 0) is 31.9 Å². The maximum atomic E-state index is 12.6. The molecular formula is C54H61N3O10. The predicted octanol–water partition coefficient (Wildman–Crippen LogP) is 11.0. The molecule has 352 valence electrons. The van der Waals surface area contributed by atoms with Crippen molar-refractivity contribution in [2.24, 2.45) is 11.8 Å². The minimum absolute atomic E-state index is 0.0649. The quantitative estimate of drug-likeness (QED) is 0.0971. The number of hydrogen-bond acceptors (Lipinski definition) is 11. The van der Waals surface area contributed by atoms with Crippen molar-refractivity contribution in [3.8, 4) is 34.4 Å². The van der Waals surface area contributed by atoms with Crippen molar-refractivity contribution in [2.75, 3.05) is 32.9 Å². The number of ether oxygens (including phenoxy) is 4. The van der Waals surface area contributed by atoms with Gasteiger partial charge in [0, 0.05) is 43.0 Å². The molecule has 13 nitrogen and oxygen atoms in total. The van der Waals surface area contributed by atoms with Crippen LogP contribution in [0.2, 0.25) is 0 Å². The maximum Gasteiger partial charge on any atom is 0.409 e. The topological polar surface area (TPSA) is 164 Å². The smallest absolute Gasteiger partial charge is 0.409 e. The summed E-state index contributed by atoms with van der Waals surface area (Å²) in [5.74, 6) is 2.49. The largest absolute Gasteiger partial charge is 0.493 e. The zero-order valence-electron chi connectivity index (χ0n) is 39.2. The third kappa shape index (κ3) is 12.7. The fourth-order valence-corrected chi connectivity index (χ4v) is 8.66. The highest BCUT2D eigenvalue weighted by Gasteiger charge is 2.41. The number of oxazole rings is 2. The van der Waals surface area contributed by atoms with E-state index < -0.39 is 23.6 Å². The molecule has 0 unspecified atom stereocenters. The van der Waals surface area contributed by atoms with E-state index in [1.54, 1.807) is 6.92 Å². The van der Waals surface area contributed by atoms with Gasteiger partial charge in [0.2, 0.25) is 11.8 Å². The molecule has 1 aliphatic heterocycles. The molecule has 13 heteroatoms. The number of carbonyl (C=O) groups excluding carboxylic acids is 2. The molecule has 1 aliphatic carbocycles. The molecule has 1 N–H and O–H groups in total. The van der Waals surface area contributed by atoms with Gasteiger partial charge in [-0.2, -0.15) is 0 Å². The maximum absolute atomic E-state index is 12.6. The molecule has 1 amide bonds. The Labute approximate surface area is 392 Å². The van der Waals surface area contributed by atoms with E-state index in [-0.39, 0.29) is 36.9 Å². The van der Waals surface area contributed by atoms with Crippen LogP contribution >= 0.6 is 0 Å². The first kappa shape index (κ1) is 48.1. The van der Waals surface area contributed by atoms with Crippen LogP contribution < -0.4 is 9.47 Å². The Morgan fingerprint density at radius 2 is 1.16 bits per heavy atom. The van der Waals surface area contributed by atoms with Crippen molar-refractivity contribution in [3.63, 3.8) is 0 Å². The van der Waals surface area contributed by atoms with Crippen LogP contribution in [0, 0.1) is 25.7 Å². The molecule has 2 fully saturated rings. The number of carboxylic acid groups (broad SMARTS) is 1. The molecular weight excluding hydrogens is 851 g/mol. The number of benzene rings is 4. The van der Waals surface area contributed by atoms with Gasteiger partial charge in [0.25, 0.3) is 0 Å². The van der Waals surface area contributed by atoms with Crippen molar-refractivity contribution in [2.45, 2.75) is 91.1 Å². The Morgan fingerprint density at radius 3 is 1.63 bits per heavy atom. The lowest BCUT2D eigenvalue weighted by Crippen LogP contribution is -2.30. The number of amides is 1. The molecule has 4 atom stereocenters. The standard InChI is InChI=1S/C28H33NO4.C26H28N2O6/c1-19-25(29-26(32-19)21-9-6-5-7-10-21)17-18-31-22-15-13-20(14-16-22)23-11-8-12-24(23)27(30)33-28(2,3)4;1-3-32-26(31)28-15-21(22(16-28)25(29)30)18-9-11-20(12-10-18)33-14-13-23-17(2)34-24(27-23)19-7-5-4-6-8-19/h5-7,9-10,13-16,23-24H,8,11-12,17-18H2,1-4H3;4-12,21-22H,3,13-16H2,1-2H3,(H,29,30)/t23-,24-;21-,22-/m11/s1. The molecule has 67 heavy (non-hydrogen) atoms. The van der Waals surface area contributed by atoms with Crippen LogP contribution in [0.1, 0.15) is 92.8 Å². The first-order chi connectivity index (χ1) is 32.3. The fourth-order valence-electron chi connectivity index (χ4n) is 8.66. The van der Waals surface area contributed by atoms with Gasteiger partial charge >= 0.3 is 18.0 Å². The van der Waals surface area contributed by atoms with Gasteiger partial charge in [0.1, 0.15) is 28.6 Å². The average molecular weight is 912 g/mol. The summed E-state index contributed by atoms with van der Waals surface area (Å²) >= 11 is 0. The van der Waals surface area contributed by atoms with Gasteiger partial charge in [-0.05, 0) is 120 Å². The Kier molecular flexibility index (Phi) is 15.8. The van der Waals surface area contributed by atoms with E-state index in [1.807, 2.05) is 132 Å². The van der Waals surface area contributed by atoms with Crippen LogP contribution in [0.15, 0.2) is 118 Å². The Morgan fingerprint density at radius 1 is 0.672 bits per heavy atom. The average Bonchev–Trinajstić information content (AvgIpc) is 4.14. The van der Waals surface area contributed by atoms with Gasteiger partial charge in [0.05, 0.1) is 43.0 Å². The van der Waals surface area contributed by atoms with E-state index in [4.69, 9.17) is 27.8 Å². The van der Waals surface area contributed by atoms with Crippen LogP contribution in [0.25, 0.3) is 22.9 Å². The first-order valence-electron chi connectivity index (χ1n) is 23.1. The number of carbonyl (C=O) groups is 3. The lowest BCUT2D eigenvalue weighted by Gasteiger charge is -2.25. The number of hydrogen-bond donors (Lipinski definition) is 1. The van der Waals surface area contributed by atoms with Gasteiger partial charge in [-0.15, -0.1) is 0 Å². The SMILES string of the molecule is CCOC(=O)N1C[C@H](c2ccc(OCCc3nc(-c4ccccc4)oc3C)cc2)[C@H](C(=O)O)C1.Cc1oc(-c2ccccc2)nc1CCOc1ccc([C@H]2CCC[C@H]2C(=O)OC(C)(C)C)cc1. The number of aryl methyl sites for hydroxylation is 2. The molecule has 1 saturated carbocycles. The summed E-state index contributed by atoms with van der Waals surface area (Å²) in [7, 11) is 0. The highest BCUT2D eigenvalue weighted by atomic mass is 16.6. The molecule has 3 heterocycles. The van der Waals surface area contributed by atoms with E-state index in [9.17, 15) is 19.5 Å². The molecule has 0 bridgehead atoms. The number of likely N-dealkylation sites (tertiary alicyclic amines) is 1. The van der Waals surface area contributed by atoms with Crippen molar-refractivity contribution in [1.29, 1.82) is 0 Å². The summed E-state index contributed by atoms with van der Waals surface area (Å²) in [6.45, 7) is 13.0. The van der Waals surface area contributed by atoms with Crippen molar-refractivity contribution in [1.82, 2.24) is 14.9 Å². The van der Waals surface area contributed by atoms with E-state index >= 15 is 0 Å². The zero-order chi connectivity index (χ0) is 47.5. The lowest BCUT2D eigenvalue weighted by atomic mass is 9.89. The predicted molar refractivity (Wildman–Crippen MR) is 253 cm³/mol. The second kappa shape index (κ2) is 22.1. The summed E-state index contributed by atoms with van der Waals surface area (Å²) < 4.78 is 34.2. The summed E-state index contributed by atoms with van der Waals surface area (Å²) in [6, 6.07) is 35.2. The van der Waals surface area contributed by atoms with Gasteiger partial charge in [0.15, 0.2) is 0 Å². The fraction of sp³-hybridized carbons (Fsp3) is 0.389. The summed E-state index contributed by atoms with van der Waals surface area (Å²) in [6.07, 6.45) is 3.75. The minimum atomic E-state index is -0.921. The number of esters is 1. The van der Waals surface area contributed by atoms with Gasteiger partial charge < -0.3 is 37.8 Å². The Hall–Kier alpha value is -6.89. The number of carboxylic acids is 1. The monoisotopic (exact) mass is 911 g/mol. The number of nitrogens with zero attached hydrogens (tertiary/aromatic N) is 3. The Balaban J connectivity index is 0.000000199. The molecule has 0 spiro atoms. The van der Waals surface area contributed by atoms with Crippen molar-refractivity contribution >= 4 is 18.0 Å². The molecule has 4 aromatic carbocycles. The molecule has 1 saturated heterocycles. The van der Waals surface area contributed by atoms with Crippen molar-refractivity contribution < 1.29 is 47.3 Å². The first-order valence-corrected chi connectivity index (χ1v) is 23.1. The summed E-state index contributed by atoms with van der Waals surface area (Å²) in [5, 5.41) is 9.63. The highest BCUT2D eigenvalue weighted by molar-refractivity contribution is 5.76. The normalized spacial score (nSPS) is 17.9. The van der Waals surface area contributed by atoms with Crippen LogP contribution in [0.5, 0.6) is 11.5 Å². The third-order valence-electron chi connectivity index (χ3n) is 12.0. The van der Waals surface area contributed by atoms with E-state index in [0.29, 0.717) is 50.1 Å². The van der Waals surface area contributed by atoms with E-state index in [2.05, 4.69) is 22.1 Å². The second-order valence-electron chi connectivity index (χ2n) is 17.9. The van der Waals surface area contributed by atoms with Gasteiger partial charge in [-0.1, -0.05) is 67.1 Å². The molecule has 0 radical (unpaired) electrons. The highest BCUT2D eigenvalue weighted by Crippen LogP contribution is 2.41. The third-order valence-corrected chi connectivity index (χ3v) is 12.0. The summed E-state index contributed by atoms with van der Waals surface area (Å²) in [5.41, 5.74) is 5.25. The second-order valence-corrected chi connectivity index (χ2v) is 17.9. The molecule has 6 aromatic rings. The lowest BCUT2D eigenvalue weighted by molar-refractivity contribution is -0.160. The van der Waals surface area contributed by atoms with Crippen LogP contribution in [0.3, 0.4) is 0 Å². The van der Waals surface area contributed by atoms with Crippen LogP contribution in [-0.4, -0.2) is 76.5 Å². The van der Waals surface area contributed by atoms with E-state index in [1.165, 1.54) is 10.5 Å². The molecule has 8 rings (SSSR count). The molecule has 2 aliphatic rings. The zero-order valence-corrected chi connectivity index (χ0v) is 39.2. The number of aliphatic carboxylic acids is 1. The van der Waals surface area contributed by atoms with Crippen molar-refractivity contribution in [3.05, 3.63) is 143 Å².